The molecule has 0 aliphatic carbocycles. The van der Waals surface area contributed by atoms with Gasteiger partial charge in [0.1, 0.15) is 5.75 Å². The molecular formula is C19H14BrN3O4S. The second kappa shape index (κ2) is 8.77. The SMILES string of the molecule is O=C(COc1ccc2ccccc2c1Br)NC(=S)Nc1ccc([N+](=O)[O-])cc1. The molecule has 0 saturated heterocycles. The molecule has 0 spiro atoms. The molecule has 9 heteroatoms. The van der Waals surface area contributed by atoms with Crippen molar-refractivity contribution in [1.29, 1.82) is 0 Å². The van der Waals surface area contributed by atoms with E-state index in [-0.39, 0.29) is 17.4 Å². The van der Waals surface area contributed by atoms with Crippen LogP contribution >= 0.6 is 28.1 Å². The molecule has 3 rings (SSSR count). The molecule has 2 N–H and O–H groups in total. The summed E-state index contributed by atoms with van der Waals surface area (Å²) in [5.41, 5.74) is 0.490. The molecule has 0 aliphatic rings. The first kappa shape index (κ1) is 19.7. The van der Waals surface area contributed by atoms with E-state index in [1.807, 2.05) is 30.3 Å². The fourth-order valence-corrected chi connectivity index (χ4v) is 3.30. The van der Waals surface area contributed by atoms with E-state index < -0.39 is 10.8 Å². The third-order valence-electron chi connectivity index (χ3n) is 3.78. The van der Waals surface area contributed by atoms with E-state index >= 15 is 0 Å². The van der Waals surface area contributed by atoms with Gasteiger partial charge < -0.3 is 10.1 Å². The Bertz CT molecular complexity index is 1060. The molecule has 0 radical (unpaired) electrons. The van der Waals surface area contributed by atoms with Gasteiger partial charge in [-0.15, -0.1) is 0 Å². The van der Waals surface area contributed by atoms with Crippen molar-refractivity contribution in [2.45, 2.75) is 0 Å². The summed E-state index contributed by atoms with van der Waals surface area (Å²) < 4.78 is 6.35. The van der Waals surface area contributed by atoms with E-state index in [0.717, 1.165) is 15.2 Å². The van der Waals surface area contributed by atoms with Gasteiger partial charge in [-0.05, 0) is 57.1 Å². The Morgan fingerprint density at radius 2 is 1.82 bits per heavy atom. The number of nitro benzene ring substituents is 1. The zero-order chi connectivity index (χ0) is 20.1. The number of fused-ring (bicyclic) bond motifs is 1. The number of carbonyl (C=O) groups excluding carboxylic acids is 1. The number of thiocarbonyl (C=S) groups is 1. The van der Waals surface area contributed by atoms with Crippen LogP contribution in [0, 0.1) is 10.1 Å². The highest BCUT2D eigenvalue weighted by Gasteiger charge is 2.10. The minimum absolute atomic E-state index is 0.0325. The lowest BCUT2D eigenvalue weighted by Gasteiger charge is -2.12. The van der Waals surface area contributed by atoms with Crippen LogP contribution in [-0.2, 0) is 4.79 Å². The van der Waals surface area contributed by atoms with Crippen LogP contribution in [0.1, 0.15) is 0 Å². The van der Waals surface area contributed by atoms with Crippen molar-refractivity contribution in [3.63, 3.8) is 0 Å². The summed E-state index contributed by atoms with van der Waals surface area (Å²) in [5, 5.41) is 18.0. The number of hydrogen-bond acceptors (Lipinski definition) is 5. The maximum absolute atomic E-state index is 12.1. The van der Waals surface area contributed by atoms with E-state index in [4.69, 9.17) is 17.0 Å². The second-order valence-corrected chi connectivity index (χ2v) is 6.90. The number of nitrogens with zero attached hydrogens (tertiary/aromatic N) is 1. The quantitative estimate of drug-likeness (QED) is 0.333. The lowest BCUT2D eigenvalue weighted by atomic mass is 10.1. The summed E-state index contributed by atoms with van der Waals surface area (Å²) in [6.45, 7) is -0.223. The van der Waals surface area contributed by atoms with Crippen molar-refractivity contribution in [3.05, 3.63) is 75.3 Å². The third-order valence-corrected chi connectivity index (χ3v) is 4.80. The summed E-state index contributed by atoms with van der Waals surface area (Å²) in [7, 11) is 0. The molecule has 28 heavy (non-hydrogen) atoms. The van der Waals surface area contributed by atoms with Gasteiger partial charge in [0.2, 0.25) is 0 Å². The number of carbonyl (C=O) groups is 1. The van der Waals surface area contributed by atoms with Crippen LogP contribution in [0.3, 0.4) is 0 Å². The van der Waals surface area contributed by atoms with Crippen LogP contribution in [-0.4, -0.2) is 22.5 Å². The Morgan fingerprint density at radius 3 is 2.54 bits per heavy atom. The standard InChI is InChI=1S/C19H14BrN3O4S/c20-18-15-4-2-1-3-12(15)5-10-16(18)27-11-17(24)22-19(28)21-13-6-8-14(9-7-13)23(25)26/h1-10H,11H2,(H2,21,22,24,28). The van der Waals surface area contributed by atoms with Gasteiger partial charge in [0.25, 0.3) is 11.6 Å². The molecule has 0 aliphatic heterocycles. The van der Waals surface area contributed by atoms with Crippen molar-refractivity contribution >= 4 is 61.3 Å². The lowest BCUT2D eigenvalue weighted by Crippen LogP contribution is -2.37. The minimum Gasteiger partial charge on any atom is -0.483 e. The number of rotatable bonds is 5. The van der Waals surface area contributed by atoms with Crippen LogP contribution in [0.2, 0.25) is 0 Å². The van der Waals surface area contributed by atoms with Gasteiger partial charge in [-0.3, -0.25) is 20.2 Å². The second-order valence-electron chi connectivity index (χ2n) is 5.69. The van der Waals surface area contributed by atoms with E-state index in [1.165, 1.54) is 24.3 Å². The van der Waals surface area contributed by atoms with Gasteiger partial charge >= 0.3 is 0 Å². The number of hydrogen-bond donors (Lipinski definition) is 2. The normalized spacial score (nSPS) is 10.3. The Balaban J connectivity index is 1.54. The molecule has 0 bridgehead atoms. The summed E-state index contributed by atoms with van der Waals surface area (Å²) in [6, 6.07) is 17.2. The van der Waals surface area contributed by atoms with Crippen molar-refractivity contribution in [1.82, 2.24) is 5.32 Å². The lowest BCUT2D eigenvalue weighted by molar-refractivity contribution is -0.384. The molecular weight excluding hydrogens is 446 g/mol. The molecule has 0 aromatic heterocycles. The number of benzene rings is 3. The fourth-order valence-electron chi connectivity index (χ4n) is 2.46. The number of amides is 1. The van der Waals surface area contributed by atoms with Crippen LogP contribution in [0.15, 0.2) is 65.1 Å². The van der Waals surface area contributed by atoms with Crippen molar-refractivity contribution in [3.8, 4) is 5.75 Å². The fraction of sp³-hybridized carbons (Fsp3) is 0.0526. The smallest absolute Gasteiger partial charge is 0.269 e. The van der Waals surface area contributed by atoms with Gasteiger partial charge in [0, 0.05) is 17.8 Å². The summed E-state index contributed by atoms with van der Waals surface area (Å²) in [4.78, 5) is 22.2. The Kier molecular flexibility index (Phi) is 6.17. The van der Waals surface area contributed by atoms with Crippen LogP contribution in [0.4, 0.5) is 11.4 Å². The number of halogens is 1. The van der Waals surface area contributed by atoms with Gasteiger partial charge in [-0.25, -0.2) is 0 Å². The zero-order valence-corrected chi connectivity index (χ0v) is 16.7. The molecule has 1 amide bonds. The molecule has 0 atom stereocenters. The van der Waals surface area contributed by atoms with E-state index in [1.54, 1.807) is 6.07 Å². The molecule has 142 valence electrons. The Hall–Kier alpha value is -3.04. The number of anilines is 1. The first-order valence-corrected chi connectivity index (χ1v) is 9.29. The third kappa shape index (κ3) is 4.81. The average Bonchev–Trinajstić information content (AvgIpc) is 2.68. The first-order valence-electron chi connectivity index (χ1n) is 8.09. The van der Waals surface area contributed by atoms with Crippen LogP contribution < -0.4 is 15.4 Å². The van der Waals surface area contributed by atoms with Gasteiger partial charge in [-0.2, -0.15) is 0 Å². The Morgan fingerprint density at radius 1 is 1.11 bits per heavy atom. The van der Waals surface area contributed by atoms with Crippen molar-refractivity contribution in [2.75, 3.05) is 11.9 Å². The van der Waals surface area contributed by atoms with Gasteiger partial charge in [-0.1, -0.05) is 30.3 Å². The molecule has 7 nitrogen and oxygen atoms in total. The molecule has 0 unspecified atom stereocenters. The molecule has 0 heterocycles. The molecule has 3 aromatic rings. The minimum atomic E-state index is -0.494. The topological polar surface area (TPSA) is 93.5 Å². The van der Waals surface area contributed by atoms with Gasteiger partial charge in [0.15, 0.2) is 11.7 Å². The van der Waals surface area contributed by atoms with Crippen molar-refractivity contribution < 1.29 is 14.5 Å². The maximum Gasteiger partial charge on any atom is 0.269 e. The highest BCUT2D eigenvalue weighted by Crippen LogP contribution is 2.32. The van der Waals surface area contributed by atoms with E-state index in [9.17, 15) is 14.9 Å². The highest BCUT2D eigenvalue weighted by atomic mass is 79.9. The summed E-state index contributed by atoms with van der Waals surface area (Å²) in [5.74, 6) is 0.113. The maximum atomic E-state index is 12.1. The van der Waals surface area contributed by atoms with E-state index in [0.29, 0.717) is 11.4 Å². The van der Waals surface area contributed by atoms with Crippen LogP contribution in [0.5, 0.6) is 5.75 Å². The molecule has 0 saturated carbocycles. The number of nitro groups is 1. The number of nitrogens with one attached hydrogen (secondary N) is 2. The molecule has 3 aromatic carbocycles. The highest BCUT2D eigenvalue weighted by molar-refractivity contribution is 9.10. The van der Waals surface area contributed by atoms with Crippen LogP contribution in [0.25, 0.3) is 10.8 Å². The van der Waals surface area contributed by atoms with Crippen molar-refractivity contribution in [2.24, 2.45) is 0 Å². The number of ether oxygens (including phenoxy) is 1. The average molecular weight is 460 g/mol. The zero-order valence-electron chi connectivity index (χ0n) is 14.3. The van der Waals surface area contributed by atoms with Gasteiger partial charge in [0.05, 0.1) is 9.40 Å². The summed E-state index contributed by atoms with van der Waals surface area (Å²) >= 11 is 8.58. The summed E-state index contributed by atoms with van der Waals surface area (Å²) in [6.07, 6.45) is 0. The Labute approximate surface area is 174 Å². The predicted octanol–water partition coefficient (Wildman–Crippen LogP) is 4.40. The largest absolute Gasteiger partial charge is 0.483 e. The first-order chi connectivity index (χ1) is 13.4. The van der Waals surface area contributed by atoms with E-state index in [2.05, 4.69) is 26.6 Å². The predicted molar refractivity (Wildman–Crippen MR) is 115 cm³/mol. The monoisotopic (exact) mass is 459 g/mol. The molecule has 0 fully saturated rings. The number of non-ortho nitro benzene ring substituents is 1.